The van der Waals surface area contributed by atoms with Crippen LogP contribution in [0.1, 0.15) is 19.8 Å². The SMILES string of the molecule is CCOc1c(NC(C=O)CCCN=C(N)N)c(=O)c1=O. The summed E-state index contributed by atoms with van der Waals surface area (Å²) in [6, 6.07) is -0.591. The van der Waals surface area contributed by atoms with E-state index in [1.807, 2.05) is 0 Å². The van der Waals surface area contributed by atoms with Crippen LogP contribution in [0, 0.1) is 0 Å². The van der Waals surface area contributed by atoms with Crippen LogP contribution in [0.2, 0.25) is 0 Å². The van der Waals surface area contributed by atoms with Gasteiger partial charge >= 0.3 is 0 Å². The average molecular weight is 282 g/mol. The molecule has 1 aromatic carbocycles. The Bertz CT molecular complexity index is 556. The second-order valence-electron chi connectivity index (χ2n) is 4.13. The zero-order valence-electron chi connectivity index (χ0n) is 11.2. The second-order valence-corrected chi connectivity index (χ2v) is 4.13. The maximum atomic E-state index is 11.4. The molecule has 0 aliphatic heterocycles. The van der Waals surface area contributed by atoms with Gasteiger partial charge in [-0.05, 0) is 19.8 Å². The van der Waals surface area contributed by atoms with Gasteiger partial charge in [-0.3, -0.25) is 14.6 Å². The van der Waals surface area contributed by atoms with Crippen LogP contribution in [0.5, 0.6) is 5.75 Å². The summed E-state index contributed by atoms with van der Waals surface area (Å²) in [6.07, 6.45) is 1.67. The number of hydrogen-bond acceptors (Lipinski definition) is 6. The number of rotatable bonds is 9. The van der Waals surface area contributed by atoms with Gasteiger partial charge in [-0.1, -0.05) is 0 Å². The van der Waals surface area contributed by atoms with E-state index in [9.17, 15) is 14.4 Å². The first kappa shape index (κ1) is 15.7. The molecule has 0 bridgehead atoms. The minimum absolute atomic E-state index is 0.00595. The number of aldehydes is 1. The van der Waals surface area contributed by atoms with Crippen LogP contribution >= 0.6 is 0 Å². The van der Waals surface area contributed by atoms with Crippen molar-refractivity contribution < 1.29 is 9.53 Å². The molecule has 1 atom stereocenters. The van der Waals surface area contributed by atoms with E-state index in [-0.39, 0.29) is 24.0 Å². The molecule has 1 unspecified atom stereocenters. The summed E-state index contributed by atoms with van der Waals surface area (Å²) in [4.78, 5) is 37.4. The standard InChI is InChI=1S/C12H18N4O4/c1-2-20-11-8(9(18)10(11)19)16-7(6-17)4-3-5-15-12(13)14/h6-7,16H,2-5H2,1H3,(H4,13,14,15). The van der Waals surface area contributed by atoms with Crippen molar-refractivity contribution in [2.75, 3.05) is 18.5 Å². The van der Waals surface area contributed by atoms with Gasteiger partial charge in [0.25, 0.3) is 10.9 Å². The van der Waals surface area contributed by atoms with E-state index < -0.39 is 16.9 Å². The first-order valence-electron chi connectivity index (χ1n) is 6.24. The summed E-state index contributed by atoms with van der Waals surface area (Å²) in [6.45, 7) is 2.36. The third-order valence-electron chi connectivity index (χ3n) is 2.62. The van der Waals surface area contributed by atoms with Crippen molar-refractivity contribution in [3.8, 4) is 5.75 Å². The molecule has 8 heteroatoms. The van der Waals surface area contributed by atoms with Gasteiger partial charge in [0.1, 0.15) is 12.0 Å². The minimum atomic E-state index is -0.667. The smallest absolute Gasteiger partial charge is 0.272 e. The molecule has 5 N–H and O–H groups in total. The molecule has 0 saturated carbocycles. The van der Waals surface area contributed by atoms with Crippen LogP contribution in [-0.2, 0) is 4.79 Å². The molecule has 0 aliphatic carbocycles. The predicted molar refractivity (Wildman–Crippen MR) is 75.9 cm³/mol. The fourth-order valence-corrected chi connectivity index (χ4v) is 1.66. The minimum Gasteiger partial charge on any atom is -0.488 e. The van der Waals surface area contributed by atoms with Gasteiger partial charge in [0.05, 0.1) is 12.6 Å². The highest BCUT2D eigenvalue weighted by Gasteiger charge is 2.24. The number of nitrogens with one attached hydrogen (secondary N) is 1. The Morgan fingerprint density at radius 2 is 2.10 bits per heavy atom. The van der Waals surface area contributed by atoms with E-state index in [1.165, 1.54) is 0 Å². The number of carbonyl (C=O) groups excluding carboxylic acids is 1. The van der Waals surface area contributed by atoms with Crippen molar-refractivity contribution in [2.24, 2.45) is 16.5 Å². The quantitative estimate of drug-likeness (QED) is 0.168. The van der Waals surface area contributed by atoms with E-state index in [2.05, 4.69) is 10.3 Å². The average Bonchev–Trinajstić information content (AvgIpc) is 2.44. The molecule has 1 rings (SSSR count). The molecule has 110 valence electrons. The third kappa shape index (κ3) is 3.81. The number of guanidine groups is 1. The largest absolute Gasteiger partial charge is 0.488 e. The van der Waals surface area contributed by atoms with Crippen LogP contribution in [-0.4, -0.2) is 31.4 Å². The third-order valence-corrected chi connectivity index (χ3v) is 2.62. The fourth-order valence-electron chi connectivity index (χ4n) is 1.66. The highest BCUT2D eigenvalue weighted by Crippen LogP contribution is 2.18. The van der Waals surface area contributed by atoms with Crippen LogP contribution in [0.25, 0.3) is 0 Å². The summed E-state index contributed by atoms with van der Waals surface area (Å²) < 4.78 is 5.05. The lowest BCUT2D eigenvalue weighted by Gasteiger charge is -2.17. The lowest BCUT2D eigenvalue weighted by molar-refractivity contribution is -0.108. The molecule has 1 aromatic rings. The second kappa shape index (κ2) is 7.27. The predicted octanol–water partition coefficient (Wildman–Crippen LogP) is -1.29. The van der Waals surface area contributed by atoms with Crippen molar-refractivity contribution in [3.63, 3.8) is 0 Å². The Morgan fingerprint density at radius 3 is 2.65 bits per heavy atom. The van der Waals surface area contributed by atoms with E-state index >= 15 is 0 Å². The Morgan fingerprint density at radius 1 is 1.40 bits per heavy atom. The van der Waals surface area contributed by atoms with Crippen LogP contribution < -0.4 is 32.4 Å². The maximum Gasteiger partial charge on any atom is 0.272 e. The zero-order valence-corrected chi connectivity index (χ0v) is 11.2. The molecule has 0 radical (unpaired) electrons. The number of ether oxygens (including phenoxy) is 1. The Labute approximate surface area is 115 Å². The molecule has 0 aromatic heterocycles. The molecule has 0 fully saturated rings. The molecule has 0 aliphatic rings. The van der Waals surface area contributed by atoms with Gasteiger partial charge in [-0.2, -0.15) is 0 Å². The molecule has 0 amide bonds. The summed E-state index contributed by atoms with van der Waals surface area (Å²) >= 11 is 0. The molecule has 0 saturated heterocycles. The molecular weight excluding hydrogens is 264 g/mol. The molecule has 8 nitrogen and oxygen atoms in total. The Hall–Kier alpha value is -2.38. The first-order valence-corrected chi connectivity index (χ1v) is 6.24. The van der Waals surface area contributed by atoms with E-state index in [0.717, 1.165) is 0 Å². The van der Waals surface area contributed by atoms with Crippen molar-refractivity contribution in [2.45, 2.75) is 25.8 Å². The number of nitrogens with zero attached hydrogens (tertiary/aromatic N) is 1. The van der Waals surface area contributed by atoms with Crippen molar-refractivity contribution in [1.82, 2.24) is 0 Å². The molecule has 20 heavy (non-hydrogen) atoms. The summed E-state index contributed by atoms with van der Waals surface area (Å²) in [5, 5.41) is 2.71. The van der Waals surface area contributed by atoms with Crippen molar-refractivity contribution >= 4 is 17.9 Å². The molecule has 0 spiro atoms. The topological polar surface area (TPSA) is 137 Å². The number of anilines is 1. The Balaban J connectivity index is 2.59. The summed E-state index contributed by atoms with van der Waals surface area (Å²) in [5.74, 6) is -0.0182. The van der Waals surface area contributed by atoms with E-state index in [0.29, 0.717) is 25.7 Å². The van der Waals surface area contributed by atoms with Gasteiger partial charge < -0.3 is 26.3 Å². The highest BCUT2D eigenvalue weighted by atomic mass is 16.5. The first-order chi connectivity index (χ1) is 9.51. The van der Waals surface area contributed by atoms with E-state index in [4.69, 9.17) is 16.2 Å². The van der Waals surface area contributed by atoms with E-state index in [1.54, 1.807) is 6.92 Å². The summed E-state index contributed by atoms with van der Waals surface area (Å²) in [7, 11) is 0. The normalized spacial score (nSPS) is 11.8. The summed E-state index contributed by atoms with van der Waals surface area (Å²) in [5.41, 5.74) is 9.09. The van der Waals surface area contributed by atoms with Crippen molar-refractivity contribution in [1.29, 1.82) is 0 Å². The van der Waals surface area contributed by atoms with Gasteiger partial charge in [0.2, 0.25) is 0 Å². The van der Waals surface area contributed by atoms with Crippen LogP contribution in [0.4, 0.5) is 5.69 Å². The molecule has 0 heterocycles. The number of hydrogen-bond donors (Lipinski definition) is 3. The zero-order chi connectivity index (χ0) is 15.1. The van der Waals surface area contributed by atoms with Gasteiger partial charge in [0, 0.05) is 6.54 Å². The monoisotopic (exact) mass is 282 g/mol. The van der Waals surface area contributed by atoms with Gasteiger partial charge in [0.15, 0.2) is 11.7 Å². The highest BCUT2D eigenvalue weighted by molar-refractivity contribution is 5.75. The van der Waals surface area contributed by atoms with Gasteiger partial charge in [-0.25, -0.2) is 0 Å². The lowest BCUT2D eigenvalue weighted by Crippen LogP contribution is -2.38. The number of aliphatic imine (C=N–C) groups is 1. The fraction of sp³-hybridized carbons (Fsp3) is 0.500. The number of carbonyl (C=O) groups is 1. The van der Waals surface area contributed by atoms with Crippen LogP contribution in [0.15, 0.2) is 14.6 Å². The van der Waals surface area contributed by atoms with Crippen molar-refractivity contribution in [3.05, 3.63) is 20.4 Å². The maximum absolute atomic E-state index is 11.4. The number of nitrogens with two attached hydrogens (primary N) is 2. The Kier molecular flexibility index (Phi) is 5.70. The van der Waals surface area contributed by atoms with Crippen LogP contribution in [0.3, 0.4) is 0 Å². The lowest BCUT2D eigenvalue weighted by atomic mass is 10.1. The van der Waals surface area contributed by atoms with Gasteiger partial charge in [-0.15, -0.1) is 0 Å². The molecular formula is C12H18N4O4.